The first kappa shape index (κ1) is 31.6. The Balaban J connectivity index is 1.19. The Labute approximate surface area is 275 Å². The molecule has 236 valence electrons. The van der Waals surface area contributed by atoms with Crippen molar-refractivity contribution in [2.24, 2.45) is 0 Å². The molecule has 0 unspecified atom stereocenters. The van der Waals surface area contributed by atoms with Crippen molar-refractivity contribution in [3.8, 4) is 22.8 Å². The molecule has 0 fully saturated rings. The number of nitrogens with two attached hydrogens (primary N) is 2. The molecule has 2 heterocycles. The number of anilines is 6. The Morgan fingerprint density at radius 3 is 1.43 bits per heavy atom. The SMILES string of the molecule is Cc1ccc(-c2nc(N)nc(Nc3ccccc3SSc3ccccc3Nc3nc(N)nc(-c4ccc(C(F)(F)F)cc4)n3)n2)cc1. The molecule has 0 amide bonds. The average molecular weight is 671 g/mol. The summed E-state index contributed by atoms with van der Waals surface area (Å²) in [4.78, 5) is 27.6. The van der Waals surface area contributed by atoms with Crippen LogP contribution in [0.1, 0.15) is 11.1 Å². The van der Waals surface area contributed by atoms with Gasteiger partial charge in [-0.3, -0.25) is 0 Å². The van der Waals surface area contributed by atoms with E-state index in [0.29, 0.717) is 23.0 Å². The highest BCUT2D eigenvalue weighted by Crippen LogP contribution is 2.44. The number of nitrogen functional groups attached to an aromatic ring is 2. The number of hydrogen-bond acceptors (Lipinski definition) is 12. The first-order chi connectivity index (χ1) is 22.6. The molecule has 0 spiro atoms. The van der Waals surface area contributed by atoms with Crippen molar-refractivity contribution in [1.82, 2.24) is 29.9 Å². The molecular formula is C32H25F3N10S2. The highest BCUT2D eigenvalue weighted by molar-refractivity contribution is 8.76. The van der Waals surface area contributed by atoms with Crippen molar-refractivity contribution >= 4 is 56.8 Å². The summed E-state index contributed by atoms with van der Waals surface area (Å²) in [5.41, 5.74) is 15.0. The Morgan fingerprint density at radius 1 is 0.553 bits per heavy atom. The smallest absolute Gasteiger partial charge is 0.368 e. The van der Waals surface area contributed by atoms with E-state index < -0.39 is 11.7 Å². The van der Waals surface area contributed by atoms with Crippen LogP contribution in [0.3, 0.4) is 0 Å². The normalized spacial score (nSPS) is 11.3. The number of nitrogens with one attached hydrogen (secondary N) is 2. The van der Waals surface area contributed by atoms with Crippen LogP contribution in [0.25, 0.3) is 22.8 Å². The zero-order valence-electron chi connectivity index (χ0n) is 24.5. The molecule has 0 aliphatic rings. The lowest BCUT2D eigenvalue weighted by atomic mass is 10.1. The zero-order chi connectivity index (χ0) is 33.0. The summed E-state index contributed by atoms with van der Waals surface area (Å²) >= 11 is 0. The molecule has 6 rings (SSSR count). The number of rotatable bonds is 9. The largest absolute Gasteiger partial charge is 0.416 e. The van der Waals surface area contributed by atoms with E-state index >= 15 is 0 Å². The van der Waals surface area contributed by atoms with Crippen molar-refractivity contribution in [1.29, 1.82) is 0 Å². The van der Waals surface area contributed by atoms with E-state index in [1.807, 2.05) is 79.7 Å². The molecule has 0 atom stereocenters. The van der Waals surface area contributed by atoms with Crippen molar-refractivity contribution < 1.29 is 13.2 Å². The lowest BCUT2D eigenvalue weighted by Crippen LogP contribution is -2.06. The molecule has 6 N–H and O–H groups in total. The predicted octanol–water partition coefficient (Wildman–Crippen LogP) is 8.17. The van der Waals surface area contributed by atoms with E-state index in [9.17, 15) is 13.2 Å². The molecule has 6 aromatic rings. The average Bonchev–Trinajstić information content (AvgIpc) is 3.04. The Bertz CT molecular complexity index is 2020. The molecule has 10 nitrogen and oxygen atoms in total. The highest BCUT2D eigenvalue weighted by Gasteiger charge is 2.30. The zero-order valence-corrected chi connectivity index (χ0v) is 26.2. The lowest BCUT2D eigenvalue weighted by Gasteiger charge is -2.13. The Kier molecular flexibility index (Phi) is 9.08. The van der Waals surface area contributed by atoms with Gasteiger partial charge in [-0.2, -0.15) is 43.1 Å². The molecule has 4 aromatic carbocycles. The first-order valence-corrected chi connectivity index (χ1v) is 16.1. The monoisotopic (exact) mass is 670 g/mol. The number of aryl methyl sites for hydroxylation is 1. The van der Waals surface area contributed by atoms with Gasteiger partial charge < -0.3 is 22.1 Å². The Morgan fingerprint density at radius 2 is 0.979 bits per heavy atom. The Hall–Kier alpha value is -5.41. The summed E-state index contributed by atoms with van der Waals surface area (Å²) < 4.78 is 39.1. The van der Waals surface area contributed by atoms with E-state index in [1.54, 1.807) is 0 Å². The number of aromatic nitrogens is 6. The van der Waals surface area contributed by atoms with Gasteiger partial charge in [-0.25, -0.2) is 0 Å². The van der Waals surface area contributed by atoms with E-state index in [0.717, 1.165) is 38.7 Å². The van der Waals surface area contributed by atoms with Crippen LogP contribution < -0.4 is 22.1 Å². The molecule has 0 aliphatic carbocycles. The van der Waals surface area contributed by atoms with Gasteiger partial charge in [-0.1, -0.05) is 87.8 Å². The van der Waals surface area contributed by atoms with Crippen LogP contribution in [0.4, 0.5) is 48.3 Å². The first-order valence-electron chi connectivity index (χ1n) is 13.9. The van der Waals surface area contributed by atoms with Crippen LogP contribution in [0.2, 0.25) is 0 Å². The van der Waals surface area contributed by atoms with Gasteiger partial charge in [-0.15, -0.1) is 0 Å². The van der Waals surface area contributed by atoms with Gasteiger partial charge >= 0.3 is 6.18 Å². The van der Waals surface area contributed by atoms with Crippen LogP contribution in [-0.2, 0) is 6.18 Å². The molecule has 0 saturated carbocycles. The third kappa shape index (κ3) is 7.88. The van der Waals surface area contributed by atoms with Gasteiger partial charge in [-0.05, 0) is 43.3 Å². The van der Waals surface area contributed by atoms with Crippen LogP contribution in [0.15, 0.2) is 107 Å². The minimum Gasteiger partial charge on any atom is -0.368 e. The molecule has 0 radical (unpaired) electrons. The second-order valence-electron chi connectivity index (χ2n) is 10.0. The summed E-state index contributed by atoms with van der Waals surface area (Å²) in [5.74, 6) is 1.06. The van der Waals surface area contributed by atoms with E-state index in [2.05, 4.69) is 40.5 Å². The van der Waals surface area contributed by atoms with Crippen molar-refractivity contribution in [3.63, 3.8) is 0 Å². The minimum atomic E-state index is -4.45. The number of halogens is 3. The van der Waals surface area contributed by atoms with Crippen LogP contribution in [0, 0.1) is 6.92 Å². The summed E-state index contributed by atoms with van der Waals surface area (Å²) in [6, 6.07) is 27.6. The molecule has 2 aromatic heterocycles. The van der Waals surface area contributed by atoms with Crippen molar-refractivity contribution in [2.75, 3.05) is 22.1 Å². The highest BCUT2D eigenvalue weighted by atomic mass is 33.1. The van der Waals surface area contributed by atoms with Crippen LogP contribution >= 0.6 is 21.6 Å². The van der Waals surface area contributed by atoms with Gasteiger partial charge in [0, 0.05) is 20.9 Å². The maximum absolute atomic E-state index is 13.0. The summed E-state index contributed by atoms with van der Waals surface area (Å²) in [7, 11) is 2.98. The molecule has 15 heteroatoms. The molecule has 47 heavy (non-hydrogen) atoms. The quantitative estimate of drug-likeness (QED) is 0.110. The van der Waals surface area contributed by atoms with Crippen molar-refractivity contribution in [3.05, 3.63) is 108 Å². The van der Waals surface area contributed by atoms with Gasteiger partial charge in [0.05, 0.1) is 16.9 Å². The third-order valence-electron chi connectivity index (χ3n) is 6.57. The molecule has 0 bridgehead atoms. The maximum atomic E-state index is 13.0. The summed E-state index contributed by atoms with van der Waals surface area (Å²) in [5, 5.41) is 6.44. The van der Waals surface area contributed by atoms with E-state index in [-0.39, 0.29) is 23.7 Å². The number of nitrogens with zero attached hydrogens (tertiary/aromatic N) is 6. The lowest BCUT2D eigenvalue weighted by molar-refractivity contribution is -0.137. The third-order valence-corrected chi connectivity index (χ3v) is 9.06. The van der Waals surface area contributed by atoms with Crippen LogP contribution in [0.5, 0.6) is 0 Å². The van der Waals surface area contributed by atoms with Gasteiger partial charge in [0.2, 0.25) is 23.8 Å². The van der Waals surface area contributed by atoms with E-state index in [1.165, 1.54) is 33.7 Å². The molecular weight excluding hydrogens is 646 g/mol. The fourth-order valence-corrected chi connectivity index (χ4v) is 6.56. The van der Waals surface area contributed by atoms with Gasteiger partial charge in [0.15, 0.2) is 11.6 Å². The number of benzene rings is 4. The molecule has 0 saturated heterocycles. The second-order valence-corrected chi connectivity index (χ2v) is 12.2. The minimum absolute atomic E-state index is 0.0820. The second kappa shape index (κ2) is 13.5. The van der Waals surface area contributed by atoms with Crippen LogP contribution in [-0.4, -0.2) is 29.9 Å². The van der Waals surface area contributed by atoms with Crippen molar-refractivity contribution in [2.45, 2.75) is 22.9 Å². The fourth-order valence-electron chi connectivity index (χ4n) is 4.28. The van der Waals surface area contributed by atoms with E-state index in [4.69, 9.17) is 11.5 Å². The van der Waals surface area contributed by atoms with Gasteiger partial charge in [0.25, 0.3) is 0 Å². The number of para-hydroxylation sites is 2. The number of hydrogen-bond donors (Lipinski definition) is 4. The fraction of sp³-hybridized carbons (Fsp3) is 0.0625. The number of alkyl halides is 3. The standard InChI is InChI=1S/C32H25F3N10S2/c1-18-10-12-19(13-11-18)26-40-28(36)44-30(42-26)38-22-6-2-4-8-24(22)46-47-25-9-5-3-7-23(25)39-31-43-27(41-29(37)45-31)20-14-16-21(17-15-20)32(33,34)35/h2-17H,1H3,(H3,36,38,40,42,44)(H3,37,39,41,43,45). The maximum Gasteiger partial charge on any atom is 0.416 e. The summed E-state index contributed by atoms with van der Waals surface area (Å²) in [6.07, 6.45) is -4.45. The predicted molar refractivity (Wildman–Crippen MR) is 180 cm³/mol. The molecule has 0 aliphatic heterocycles. The van der Waals surface area contributed by atoms with Gasteiger partial charge in [0.1, 0.15) is 0 Å². The summed E-state index contributed by atoms with van der Waals surface area (Å²) in [6.45, 7) is 2.01. The topological polar surface area (TPSA) is 153 Å².